The largest absolute Gasteiger partial charge is 0.322 e. The fraction of sp³-hybridized carbons (Fsp3) is 0.429. The van der Waals surface area contributed by atoms with Gasteiger partial charge in [0, 0.05) is 0 Å². The molecule has 0 aromatic heterocycles. The van der Waals surface area contributed by atoms with E-state index in [1.165, 1.54) is 10.8 Å². The Hall–Kier alpha value is -0.943. The second-order valence-corrected chi connectivity index (χ2v) is 9.68. The smallest absolute Gasteiger partial charge is 0.301 e. The summed E-state index contributed by atoms with van der Waals surface area (Å²) < 4.78 is 7.07. The highest BCUT2D eigenvalue weighted by atomic mass is 28.4. The summed E-state index contributed by atoms with van der Waals surface area (Å²) in [5, 5.41) is 1.37. The lowest BCUT2D eigenvalue weighted by Crippen LogP contribution is -2.76. The molecular formula is C14H25N3Si. The molecule has 0 bridgehead atoms. The maximum atomic E-state index is 3.86. The van der Waals surface area contributed by atoms with E-state index in [9.17, 15) is 0 Å². The van der Waals surface area contributed by atoms with E-state index in [0.29, 0.717) is 0 Å². The average Bonchev–Trinajstić information content (AvgIpc) is 2.28. The molecule has 0 atom stereocenters. The molecule has 0 aliphatic carbocycles. The molecule has 100 valence electrons. The van der Waals surface area contributed by atoms with Crippen molar-refractivity contribution < 1.29 is 0 Å². The van der Waals surface area contributed by atoms with Crippen LogP contribution in [0.2, 0.25) is 0 Å². The summed E-state index contributed by atoms with van der Waals surface area (Å²) in [5.41, 5.74) is 1.18. The van der Waals surface area contributed by atoms with Gasteiger partial charge in [-0.05, 0) is 53.0 Å². The zero-order chi connectivity index (χ0) is 13.9. The van der Waals surface area contributed by atoms with Crippen LogP contribution < -0.4 is 5.19 Å². The summed E-state index contributed by atoms with van der Waals surface area (Å²) in [6, 6.07) is 8.68. The number of benzene rings is 1. The molecule has 0 spiro atoms. The quantitative estimate of drug-likeness (QED) is 0.738. The van der Waals surface area contributed by atoms with Gasteiger partial charge in [0.2, 0.25) is 0 Å². The van der Waals surface area contributed by atoms with Crippen LogP contribution in [0.25, 0.3) is 6.08 Å². The highest BCUT2D eigenvalue weighted by molar-refractivity contribution is 6.84. The molecule has 0 heterocycles. The van der Waals surface area contributed by atoms with Gasteiger partial charge < -0.3 is 13.7 Å². The van der Waals surface area contributed by atoms with Crippen molar-refractivity contribution in [2.24, 2.45) is 0 Å². The minimum Gasteiger partial charge on any atom is -0.301 e. The Morgan fingerprint density at radius 3 is 1.83 bits per heavy atom. The Morgan fingerprint density at radius 2 is 1.44 bits per heavy atom. The van der Waals surface area contributed by atoms with Crippen molar-refractivity contribution in [3.8, 4) is 0 Å². The molecule has 0 aliphatic heterocycles. The first kappa shape index (κ1) is 15.1. The zero-order valence-corrected chi connectivity index (χ0v) is 13.4. The standard InChI is InChI=1S/C14H25N3Si/c1-8-13-10-9-11-14(12-13)18(15(2)3,16(4)5)17(6)7/h8-12H,1H2,2-7H3. The third-order valence-corrected chi connectivity index (χ3v) is 8.21. The number of nitrogens with zero attached hydrogens (tertiary/aromatic N) is 3. The van der Waals surface area contributed by atoms with Gasteiger partial charge in [-0.25, -0.2) is 0 Å². The summed E-state index contributed by atoms with van der Waals surface area (Å²) in [5.74, 6) is 0. The van der Waals surface area contributed by atoms with E-state index in [1.54, 1.807) is 0 Å². The molecule has 4 heteroatoms. The van der Waals surface area contributed by atoms with Gasteiger partial charge in [0.25, 0.3) is 0 Å². The summed E-state index contributed by atoms with van der Waals surface area (Å²) in [6.07, 6.45) is 1.91. The van der Waals surface area contributed by atoms with Gasteiger partial charge in [0.05, 0.1) is 0 Å². The van der Waals surface area contributed by atoms with Gasteiger partial charge in [-0.15, -0.1) is 0 Å². The minimum absolute atomic E-state index is 1.18. The SMILES string of the molecule is C=Cc1cccc([Si](N(C)C)(N(C)C)N(C)C)c1. The Labute approximate surface area is 113 Å². The molecule has 1 aromatic carbocycles. The molecule has 1 rings (SSSR count). The van der Waals surface area contributed by atoms with Gasteiger partial charge in [-0.3, -0.25) is 0 Å². The predicted octanol–water partition coefficient (Wildman–Crippen LogP) is 1.16. The second-order valence-electron chi connectivity index (χ2n) is 5.15. The van der Waals surface area contributed by atoms with Crippen molar-refractivity contribution in [2.75, 3.05) is 42.3 Å². The molecule has 0 aliphatic rings. The van der Waals surface area contributed by atoms with Crippen molar-refractivity contribution in [3.05, 3.63) is 36.4 Å². The molecule has 0 saturated carbocycles. The molecule has 0 unspecified atom stereocenters. The van der Waals surface area contributed by atoms with Crippen molar-refractivity contribution in [2.45, 2.75) is 0 Å². The molecule has 0 radical (unpaired) electrons. The maximum Gasteiger partial charge on any atom is 0.322 e. The van der Waals surface area contributed by atoms with Gasteiger partial charge in [0.15, 0.2) is 0 Å². The van der Waals surface area contributed by atoms with Crippen molar-refractivity contribution in [1.29, 1.82) is 0 Å². The van der Waals surface area contributed by atoms with E-state index in [4.69, 9.17) is 0 Å². The maximum absolute atomic E-state index is 3.86. The van der Waals surface area contributed by atoms with E-state index in [0.717, 1.165) is 0 Å². The highest BCUT2D eigenvalue weighted by Crippen LogP contribution is 2.14. The molecule has 0 fully saturated rings. The van der Waals surface area contributed by atoms with Crippen LogP contribution in [-0.2, 0) is 0 Å². The first-order valence-corrected chi connectivity index (χ1v) is 7.96. The van der Waals surface area contributed by atoms with Gasteiger partial charge >= 0.3 is 8.56 Å². The van der Waals surface area contributed by atoms with Crippen LogP contribution in [0, 0.1) is 0 Å². The Morgan fingerprint density at radius 1 is 0.944 bits per heavy atom. The fourth-order valence-electron chi connectivity index (χ4n) is 2.85. The van der Waals surface area contributed by atoms with Crippen LogP contribution >= 0.6 is 0 Å². The molecule has 3 nitrogen and oxygen atoms in total. The molecule has 18 heavy (non-hydrogen) atoms. The average molecular weight is 263 g/mol. The van der Waals surface area contributed by atoms with E-state index in [2.05, 4.69) is 86.8 Å². The van der Waals surface area contributed by atoms with Gasteiger partial charge in [0.1, 0.15) is 0 Å². The van der Waals surface area contributed by atoms with Crippen molar-refractivity contribution in [3.63, 3.8) is 0 Å². The van der Waals surface area contributed by atoms with Gasteiger partial charge in [-0.2, -0.15) is 0 Å². The summed E-state index contributed by atoms with van der Waals surface area (Å²) in [7, 11) is 11.0. The molecular weight excluding hydrogens is 238 g/mol. The molecule has 0 N–H and O–H groups in total. The first-order valence-electron chi connectivity index (χ1n) is 6.12. The molecule has 1 aromatic rings. The second kappa shape index (κ2) is 5.80. The van der Waals surface area contributed by atoms with E-state index in [1.807, 2.05) is 6.08 Å². The van der Waals surface area contributed by atoms with Crippen molar-refractivity contribution in [1.82, 2.24) is 13.7 Å². The van der Waals surface area contributed by atoms with Crippen LogP contribution in [0.4, 0.5) is 0 Å². The number of rotatable bonds is 5. The third-order valence-electron chi connectivity index (χ3n) is 3.38. The lowest BCUT2D eigenvalue weighted by molar-refractivity contribution is 0.397. The van der Waals surface area contributed by atoms with Crippen LogP contribution in [0.5, 0.6) is 0 Å². The zero-order valence-electron chi connectivity index (χ0n) is 12.4. The van der Waals surface area contributed by atoms with Crippen LogP contribution in [0.15, 0.2) is 30.8 Å². The predicted molar refractivity (Wildman–Crippen MR) is 83.0 cm³/mol. The lowest BCUT2D eigenvalue weighted by Gasteiger charge is -2.46. The topological polar surface area (TPSA) is 9.72 Å². The van der Waals surface area contributed by atoms with Crippen LogP contribution in [-0.4, -0.2) is 64.5 Å². The first-order chi connectivity index (χ1) is 8.37. The van der Waals surface area contributed by atoms with Gasteiger partial charge in [-0.1, -0.05) is 36.9 Å². The normalized spacial score (nSPS) is 12.5. The van der Waals surface area contributed by atoms with Crippen LogP contribution in [0.3, 0.4) is 0 Å². The number of hydrogen-bond donors (Lipinski definition) is 0. The summed E-state index contributed by atoms with van der Waals surface area (Å²) in [6.45, 7) is 3.86. The minimum atomic E-state index is -2.00. The Bertz CT molecular complexity index is 391. The third kappa shape index (κ3) is 2.42. The number of hydrogen-bond acceptors (Lipinski definition) is 3. The Kier molecular flexibility index (Phi) is 4.87. The highest BCUT2D eigenvalue weighted by Gasteiger charge is 2.44. The fourth-order valence-corrected chi connectivity index (χ4v) is 7.48. The van der Waals surface area contributed by atoms with E-state index < -0.39 is 8.56 Å². The monoisotopic (exact) mass is 263 g/mol. The molecule has 0 saturated heterocycles. The van der Waals surface area contributed by atoms with E-state index >= 15 is 0 Å². The van der Waals surface area contributed by atoms with Crippen LogP contribution in [0.1, 0.15) is 5.56 Å². The van der Waals surface area contributed by atoms with E-state index in [-0.39, 0.29) is 0 Å². The van der Waals surface area contributed by atoms with Crippen molar-refractivity contribution >= 4 is 19.8 Å². The Balaban J connectivity index is 3.46. The summed E-state index contributed by atoms with van der Waals surface area (Å²) in [4.78, 5) is 0. The molecule has 0 amide bonds. The summed E-state index contributed by atoms with van der Waals surface area (Å²) >= 11 is 0. The lowest BCUT2D eigenvalue weighted by atomic mass is 10.2.